The zero-order valence-corrected chi connectivity index (χ0v) is 10.9. The lowest BCUT2D eigenvalue weighted by atomic mass is 10.1. The van der Waals surface area contributed by atoms with E-state index in [9.17, 15) is 14.4 Å². The molecule has 2 amide bonds. The van der Waals surface area contributed by atoms with Gasteiger partial charge in [0.05, 0.1) is 13.2 Å². The molecule has 0 aliphatic carbocycles. The zero-order chi connectivity index (χ0) is 15.0. The first-order chi connectivity index (χ1) is 9.54. The van der Waals surface area contributed by atoms with Crippen molar-refractivity contribution < 1.29 is 19.1 Å². The molecule has 0 aliphatic heterocycles. The number of amides is 2. The van der Waals surface area contributed by atoms with Crippen molar-refractivity contribution >= 4 is 17.8 Å². The molecule has 6 nitrogen and oxygen atoms in total. The highest BCUT2D eigenvalue weighted by Gasteiger charge is 2.12. The number of primary amides is 1. The third-order valence-corrected chi connectivity index (χ3v) is 2.20. The molecule has 1 aromatic rings. The van der Waals surface area contributed by atoms with Crippen molar-refractivity contribution in [2.75, 3.05) is 13.2 Å². The van der Waals surface area contributed by atoms with Crippen LogP contribution in [-0.4, -0.2) is 30.9 Å². The van der Waals surface area contributed by atoms with Crippen molar-refractivity contribution in [2.24, 2.45) is 5.73 Å². The molecular formula is C14H14N2O4. The number of benzene rings is 1. The number of rotatable bonds is 3. The monoisotopic (exact) mass is 274 g/mol. The summed E-state index contributed by atoms with van der Waals surface area (Å²) in [7, 11) is 0. The van der Waals surface area contributed by atoms with E-state index in [2.05, 4.69) is 21.9 Å². The largest absolute Gasteiger partial charge is 0.459 e. The van der Waals surface area contributed by atoms with Crippen LogP contribution in [0.15, 0.2) is 24.3 Å². The first-order valence-corrected chi connectivity index (χ1v) is 5.88. The van der Waals surface area contributed by atoms with Crippen LogP contribution in [0.25, 0.3) is 0 Å². The highest BCUT2D eigenvalue weighted by molar-refractivity contribution is 6.32. The lowest BCUT2D eigenvalue weighted by Gasteiger charge is -2.00. The molecule has 6 heteroatoms. The third kappa shape index (κ3) is 4.82. The Kier molecular flexibility index (Phi) is 5.78. The highest BCUT2D eigenvalue weighted by Crippen LogP contribution is 2.01. The first-order valence-electron chi connectivity index (χ1n) is 5.88. The lowest BCUT2D eigenvalue weighted by molar-refractivity contribution is -0.154. The standard InChI is InChI=1S/C14H14N2O4/c1-2-20-14(19)13(18)16-9-3-4-10-5-7-11(8-6-10)12(15)17/h5-8H,2,9H2,1H3,(H2,15,17)(H,16,18). The average Bonchev–Trinajstić information content (AvgIpc) is 2.44. The van der Waals surface area contributed by atoms with E-state index in [1.165, 1.54) is 0 Å². The highest BCUT2D eigenvalue weighted by atomic mass is 16.5. The van der Waals surface area contributed by atoms with Crippen molar-refractivity contribution in [3.05, 3.63) is 35.4 Å². The van der Waals surface area contributed by atoms with E-state index >= 15 is 0 Å². The molecule has 1 aromatic carbocycles. The van der Waals surface area contributed by atoms with E-state index in [1.807, 2.05) is 0 Å². The fourth-order valence-corrected chi connectivity index (χ4v) is 1.26. The van der Waals surface area contributed by atoms with Crippen molar-refractivity contribution in [1.29, 1.82) is 0 Å². The summed E-state index contributed by atoms with van der Waals surface area (Å²) in [6.45, 7) is 1.78. The summed E-state index contributed by atoms with van der Waals surface area (Å²) in [6.07, 6.45) is 0. The Morgan fingerprint density at radius 1 is 1.25 bits per heavy atom. The molecule has 0 spiro atoms. The summed E-state index contributed by atoms with van der Waals surface area (Å²) in [4.78, 5) is 33.0. The fraction of sp³-hybridized carbons (Fsp3) is 0.214. The van der Waals surface area contributed by atoms with E-state index < -0.39 is 17.8 Å². The van der Waals surface area contributed by atoms with E-state index in [1.54, 1.807) is 31.2 Å². The molecule has 0 bridgehead atoms. The molecule has 0 fully saturated rings. The van der Waals surface area contributed by atoms with Gasteiger partial charge < -0.3 is 15.8 Å². The van der Waals surface area contributed by atoms with Crippen LogP contribution in [0.1, 0.15) is 22.8 Å². The molecule has 0 radical (unpaired) electrons. The van der Waals surface area contributed by atoms with Crippen LogP contribution >= 0.6 is 0 Å². The zero-order valence-electron chi connectivity index (χ0n) is 10.9. The van der Waals surface area contributed by atoms with Crippen molar-refractivity contribution in [1.82, 2.24) is 5.32 Å². The Labute approximate surface area is 116 Å². The second-order valence-electron chi connectivity index (χ2n) is 3.65. The van der Waals surface area contributed by atoms with Gasteiger partial charge in [-0.05, 0) is 31.2 Å². The van der Waals surface area contributed by atoms with E-state index in [-0.39, 0.29) is 13.2 Å². The van der Waals surface area contributed by atoms with E-state index in [0.29, 0.717) is 11.1 Å². The molecule has 0 unspecified atom stereocenters. The third-order valence-electron chi connectivity index (χ3n) is 2.20. The molecule has 104 valence electrons. The number of hydrogen-bond acceptors (Lipinski definition) is 4. The van der Waals surface area contributed by atoms with Gasteiger partial charge in [-0.25, -0.2) is 4.79 Å². The topological polar surface area (TPSA) is 98.5 Å². The van der Waals surface area contributed by atoms with E-state index in [4.69, 9.17) is 5.73 Å². The molecule has 0 saturated carbocycles. The predicted molar refractivity (Wildman–Crippen MR) is 71.5 cm³/mol. The van der Waals surface area contributed by atoms with Gasteiger partial charge in [0.25, 0.3) is 0 Å². The maximum absolute atomic E-state index is 11.2. The van der Waals surface area contributed by atoms with Crippen LogP contribution < -0.4 is 11.1 Å². The number of esters is 1. The second kappa shape index (κ2) is 7.59. The van der Waals surface area contributed by atoms with Gasteiger partial charge in [0, 0.05) is 11.1 Å². The van der Waals surface area contributed by atoms with Gasteiger partial charge in [0.2, 0.25) is 5.91 Å². The summed E-state index contributed by atoms with van der Waals surface area (Å²) >= 11 is 0. The predicted octanol–water partition coefficient (Wildman–Crippen LogP) is -0.184. The molecule has 3 N–H and O–H groups in total. The van der Waals surface area contributed by atoms with Crippen molar-refractivity contribution in [3.63, 3.8) is 0 Å². The van der Waals surface area contributed by atoms with E-state index in [0.717, 1.165) is 0 Å². The molecule has 0 atom stereocenters. The molecule has 1 rings (SSSR count). The Morgan fingerprint density at radius 2 is 1.90 bits per heavy atom. The van der Waals surface area contributed by atoms with Gasteiger partial charge in [-0.15, -0.1) is 0 Å². The van der Waals surface area contributed by atoms with Crippen LogP contribution in [0.5, 0.6) is 0 Å². The summed E-state index contributed by atoms with van der Waals surface area (Å²) in [5.74, 6) is 3.17. The lowest BCUT2D eigenvalue weighted by Crippen LogP contribution is -2.32. The van der Waals surface area contributed by atoms with Crippen LogP contribution in [0.2, 0.25) is 0 Å². The number of carbonyl (C=O) groups is 3. The Morgan fingerprint density at radius 3 is 2.45 bits per heavy atom. The maximum Gasteiger partial charge on any atom is 0.396 e. The molecular weight excluding hydrogens is 260 g/mol. The second-order valence-corrected chi connectivity index (χ2v) is 3.65. The van der Waals surface area contributed by atoms with Crippen LogP contribution in [0.3, 0.4) is 0 Å². The smallest absolute Gasteiger partial charge is 0.396 e. The van der Waals surface area contributed by atoms with Crippen molar-refractivity contribution in [2.45, 2.75) is 6.92 Å². The van der Waals surface area contributed by atoms with Crippen LogP contribution in [0.4, 0.5) is 0 Å². The molecule has 0 aromatic heterocycles. The first kappa shape index (κ1) is 15.2. The van der Waals surface area contributed by atoms with Crippen molar-refractivity contribution in [3.8, 4) is 11.8 Å². The molecule has 0 heterocycles. The minimum absolute atomic E-state index is 0.0230. The van der Waals surface area contributed by atoms with Gasteiger partial charge in [-0.3, -0.25) is 9.59 Å². The minimum Gasteiger partial charge on any atom is -0.459 e. The van der Waals surface area contributed by atoms with Gasteiger partial charge >= 0.3 is 11.9 Å². The summed E-state index contributed by atoms with van der Waals surface area (Å²) in [6, 6.07) is 6.40. The fourth-order valence-electron chi connectivity index (χ4n) is 1.26. The average molecular weight is 274 g/mol. The molecule has 0 saturated heterocycles. The quantitative estimate of drug-likeness (QED) is 0.453. The number of hydrogen-bond donors (Lipinski definition) is 2. The van der Waals surface area contributed by atoms with Gasteiger partial charge in [-0.1, -0.05) is 11.8 Å². The van der Waals surface area contributed by atoms with Crippen LogP contribution in [-0.2, 0) is 14.3 Å². The number of ether oxygens (including phenoxy) is 1. The summed E-state index contributed by atoms with van der Waals surface area (Å²) in [5.41, 5.74) is 6.17. The van der Waals surface area contributed by atoms with Gasteiger partial charge in [-0.2, -0.15) is 0 Å². The minimum atomic E-state index is -0.930. The normalized spacial score (nSPS) is 9.05. The van der Waals surface area contributed by atoms with Gasteiger partial charge in [0.15, 0.2) is 0 Å². The number of carbonyl (C=O) groups excluding carboxylic acids is 3. The molecule has 20 heavy (non-hydrogen) atoms. The van der Waals surface area contributed by atoms with Gasteiger partial charge in [0.1, 0.15) is 0 Å². The number of nitrogens with one attached hydrogen (secondary N) is 1. The summed E-state index contributed by atoms with van der Waals surface area (Å²) in [5, 5.41) is 2.31. The van der Waals surface area contributed by atoms with Crippen LogP contribution in [0, 0.1) is 11.8 Å². The number of nitrogens with two attached hydrogens (primary N) is 1. The Bertz CT molecular complexity index is 567. The maximum atomic E-state index is 11.2. The Balaban J connectivity index is 2.48. The Hall–Kier alpha value is -2.81. The summed E-state index contributed by atoms with van der Waals surface area (Å²) < 4.78 is 4.51. The SMILES string of the molecule is CCOC(=O)C(=O)NCC#Cc1ccc(C(N)=O)cc1. The molecule has 0 aliphatic rings.